The van der Waals surface area contributed by atoms with E-state index in [1.165, 1.54) is 6.42 Å². The van der Waals surface area contributed by atoms with E-state index in [-0.39, 0.29) is 0 Å². The third-order valence-corrected chi connectivity index (χ3v) is 3.46. The summed E-state index contributed by atoms with van der Waals surface area (Å²) in [5.41, 5.74) is 0. The fourth-order valence-corrected chi connectivity index (χ4v) is 2.54. The summed E-state index contributed by atoms with van der Waals surface area (Å²) in [5, 5.41) is 3.47. The number of carbonyl (C=O) groups excluding carboxylic acids is 1. The molecule has 0 aliphatic carbocycles. The van der Waals surface area contributed by atoms with Crippen molar-refractivity contribution in [1.82, 2.24) is 10.2 Å². The Labute approximate surface area is 85.8 Å². The number of carbonyl (C=O) groups is 1. The summed E-state index contributed by atoms with van der Waals surface area (Å²) in [7, 11) is 0. The van der Waals surface area contributed by atoms with Crippen molar-refractivity contribution in [2.75, 3.05) is 19.6 Å². The second-order valence-electron chi connectivity index (χ2n) is 4.51. The Morgan fingerprint density at radius 3 is 3.07 bits per heavy atom. The summed E-state index contributed by atoms with van der Waals surface area (Å²) < 4.78 is 0. The van der Waals surface area contributed by atoms with Gasteiger partial charge in [-0.1, -0.05) is 13.3 Å². The van der Waals surface area contributed by atoms with Crippen LogP contribution in [0.4, 0.5) is 0 Å². The highest BCUT2D eigenvalue weighted by Crippen LogP contribution is 2.25. The van der Waals surface area contributed by atoms with E-state index >= 15 is 0 Å². The quantitative estimate of drug-likeness (QED) is 0.730. The molecule has 2 atom stereocenters. The molecule has 0 radical (unpaired) electrons. The molecular weight excluding hydrogens is 176 g/mol. The van der Waals surface area contributed by atoms with Crippen molar-refractivity contribution in [3.63, 3.8) is 0 Å². The molecule has 3 heteroatoms. The zero-order chi connectivity index (χ0) is 9.97. The standard InChI is InChI=1S/C11H20N2O/c1-2-3-4-11(14)13-7-9-5-6-12-10(9)8-13/h9-10,12H,2-8H2,1H3. The van der Waals surface area contributed by atoms with Crippen molar-refractivity contribution in [2.24, 2.45) is 5.92 Å². The second-order valence-corrected chi connectivity index (χ2v) is 4.51. The van der Waals surface area contributed by atoms with Crippen LogP contribution in [0.1, 0.15) is 32.6 Å². The van der Waals surface area contributed by atoms with Gasteiger partial charge in [0, 0.05) is 25.6 Å². The van der Waals surface area contributed by atoms with Crippen molar-refractivity contribution in [3.05, 3.63) is 0 Å². The molecule has 14 heavy (non-hydrogen) atoms. The van der Waals surface area contributed by atoms with Gasteiger partial charge in [0.1, 0.15) is 0 Å². The lowest BCUT2D eigenvalue weighted by molar-refractivity contribution is -0.130. The summed E-state index contributed by atoms with van der Waals surface area (Å²) in [6.45, 7) is 5.23. The number of likely N-dealkylation sites (tertiary alicyclic amines) is 1. The average Bonchev–Trinajstić information content (AvgIpc) is 2.72. The zero-order valence-electron chi connectivity index (χ0n) is 8.96. The predicted octanol–water partition coefficient (Wildman–Crippen LogP) is 0.997. The molecule has 0 saturated carbocycles. The Bertz CT molecular complexity index is 205. The Morgan fingerprint density at radius 2 is 2.36 bits per heavy atom. The van der Waals surface area contributed by atoms with Crippen molar-refractivity contribution in [3.8, 4) is 0 Å². The number of fused-ring (bicyclic) bond motifs is 1. The van der Waals surface area contributed by atoms with Crippen molar-refractivity contribution < 1.29 is 4.79 Å². The minimum absolute atomic E-state index is 0.364. The van der Waals surface area contributed by atoms with E-state index in [9.17, 15) is 4.79 Å². The molecule has 3 nitrogen and oxygen atoms in total. The third kappa shape index (κ3) is 1.92. The molecule has 0 aromatic rings. The van der Waals surface area contributed by atoms with E-state index in [0.717, 1.165) is 44.8 Å². The van der Waals surface area contributed by atoms with Gasteiger partial charge < -0.3 is 10.2 Å². The van der Waals surface area contributed by atoms with Crippen LogP contribution in [0.15, 0.2) is 0 Å². The molecule has 0 aromatic heterocycles. The molecule has 0 bridgehead atoms. The normalized spacial score (nSPS) is 30.8. The Balaban J connectivity index is 1.80. The summed E-state index contributed by atoms with van der Waals surface area (Å²) in [4.78, 5) is 13.8. The largest absolute Gasteiger partial charge is 0.341 e. The summed E-state index contributed by atoms with van der Waals surface area (Å²) >= 11 is 0. The van der Waals surface area contributed by atoms with Crippen LogP contribution >= 0.6 is 0 Å². The maximum absolute atomic E-state index is 11.7. The number of nitrogens with zero attached hydrogens (tertiary/aromatic N) is 1. The van der Waals surface area contributed by atoms with E-state index in [4.69, 9.17) is 0 Å². The summed E-state index contributed by atoms with van der Waals surface area (Å²) in [6.07, 6.45) is 4.15. The molecule has 0 aromatic carbocycles. The molecule has 1 amide bonds. The number of nitrogens with one attached hydrogen (secondary N) is 1. The fourth-order valence-electron chi connectivity index (χ4n) is 2.54. The Morgan fingerprint density at radius 1 is 1.50 bits per heavy atom. The molecule has 2 saturated heterocycles. The molecule has 2 aliphatic rings. The smallest absolute Gasteiger partial charge is 0.222 e. The molecule has 2 fully saturated rings. The van der Waals surface area contributed by atoms with E-state index in [0.29, 0.717) is 11.9 Å². The third-order valence-electron chi connectivity index (χ3n) is 3.46. The van der Waals surface area contributed by atoms with Crippen LogP contribution in [0.25, 0.3) is 0 Å². The van der Waals surface area contributed by atoms with Crippen LogP contribution in [0.5, 0.6) is 0 Å². The summed E-state index contributed by atoms with van der Waals surface area (Å²) in [5.74, 6) is 1.10. The highest BCUT2D eigenvalue weighted by Gasteiger charge is 2.37. The van der Waals surface area contributed by atoms with Gasteiger partial charge in [-0.05, 0) is 25.3 Å². The van der Waals surface area contributed by atoms with E-state index < -0.39 is 0 Å². The number of amides is 1. The lowest BCUT2D eigenvalue weighted by Crippen LogP contribution is -2.33. The minimum atomic E-state index is 0.364. The maximum Gasteiger partial charge on any atom is 0.222 e. The van der Waals surface area contributed by atoms with E-state index in [1.54, 1.807) is 0 Å². The van der Waals surface area contributed by atoms with Crippen LogP contribution in [-0.2, 0) is 4.79 Å². The van der Waals surface area contributed by atoms with Crippen LogP contribution in [0, 0.1) is 5.92 Å². The van der Waals surface area contributed by atoms with E-state index in [2.05, 4.69) is 17.1 Å². The van der Waals surface area contributed by atoms with Gasteiger partial charge in [-0.3, -0.25) is 4.79 Å². The topological polar surface area (TPSA) is 32.3 Å². The molecule has 2 unspecified atom stereocenters. The van der Waals surface area contributed by atoms with Gasteiger partial charge in [0.15, 0.2) is 0 Å². The lowest BCUT2D eigenvalue weighted by Gasteiger charge is -2.16. The average molecular weight is 196 g/mol. The highest BCUT2D eigenvalue weighted by atomic mass is 16.2. The number of hydrogen-bond donors (Lipinski definition) is 1. The number of rotatable bonds is 3. The van der Waals surface area contributed by atoms with Gasteiger partial charge in [-0.25, -0.2) is 0 Å². The number of unbranched alkanes of at least 4 members (excludes halogenated alkanes) is 1. The van der Waals surface area contributed by atoms with Crippen LogP contribution < -0.4 is 5.32 Å². The van der Waals surface area contributed by atoms with Gasteiger partial charge in [0.2, 0.25) is 5.91 Å². The monoisotopic (exact) mass is 196 g/mol. The second kappa shape index (κ2) is 4.30. The van der Waals surface area contributed by atoms with Gasteiger partial charge in [0.05, 0.1) is 0 Å². The van der Waals surface area contributed by atoms with Crippen molar-refractivity contribution in [2.45, 2.75) is 38.6 Å². The first-order chi connectivity index (χ1) is 6.81. The number of hydrogen-bond acceptors (Lipinski definition) is 2. The van der Waals surface area contributed by atoms with Crippen molar-refractivity contribution >= 4 is 5.91 Å². The SMILES string of the molecule is CCCCC(=O)N1CC2CCNC2C1. The predicted molar refractivity (Wildman–Crippen MR) is 56.0 cm³/mol. The molecule has 80 valence electrons. The van der Waals surface area contributed by atoms with E-state index in [1.807, 2.05) is 0 Å². The van der Waals surface area contributed by atoms with Gasteiger partial charge >= 0.3 is 0 Å². The molecule has 2 heterocycles. The minimum Gasteiger partial charge on any atom is -0.341 e. The van der Waals surface area contributed by atoms with Crippen molar-refractivity contribution in [1.29, 1.82) is 0 Å². The maximum atomic E-state index is 11.7. The first-order valence-corrected chi connectivity index (χ1v) is 5.82. The van der Waals surface area contributed by atoms with Gasteiger partial charge in [0.25, 0.3) is 0 Å². The van der Waals surface area contributed by atoms with Crippen LogP contribution in [-0.4, -0.2) is 36.5 Å². The van der Waals surface area contributed by atoms with Gasteiger partial charge in [-0.2, -0.15) is 0 Å². The highest BCUT2D eigenvalue weighted by molar-refractivity contribution is 5.76. The molecule has 2 rings (SSSR count). The van der Waals surface area contributed by atoms with Crippen LogP contribution in [0.2, 0.25) is 0 Å². The Kier molecular flexibility index (Phi) is 3.06. The Hall–Kier alpha value is -0.570. The first-order valence-electron chi connectivity index (χ1n) is 5.82. The molecule has 1 N–H and O–H groups in total. The molecule has 0 spiro atoms. The zero-order valence-corrected chi connectivity index (χ0v) is 8.96. The van der Waals surface area contributed by atoms with Gasteiger partial charge in [-0.15, -0.1) is 0 Å². The fraction of sp³-hybridized carbons (Fsp3) is 0.909. The lowest BCUT2D eigenvalue weighted by atomic mass is 10.1. The summed E-state index contributed by atoms with van der Waals surface area (Å²) in [6, 6.07) is 0.598. The molecular formula is C11H20N2O. The molecule has 2 aliphatic heterocycles. The first kappa shape index (κ1) is 9.97. The van der Waals surface area contributed by atoms with Crippen LogP contribution in [0.3, 0.4) is 0 Å².